The monoisotopic (exact) mass is 302 g/mol. The lowest BCUT2D eigenvalue weighted by Gasteiger charge is -2.64. The van der Waals surface area contributed by atoms with E-state index < -0.39 is 5.97 Å². The van der Waals surface area contributed by atoms with E-state index in [1.807, 2.05) is 0 Å². The number of rotatable bonds is 4. The highest BCUT2D eigenvalue weighted by Gasteiger charge is 2.59. The number of fused-ring (bicyclic) bond motifs is 2. The van der Waals surface area contributed by atoms with Crippen molar-refractivity contribution in [1.82, 2.24) is 0 Å². The number of allylic oxidation sites excluding steroid dienone is 2. The molecule has 0 aromatic heterocycles. The maximum absolute atomic E-state index is 11.2. The lowest BCUT2D eigenvalue weighted by Crippen LogP contribution is -2.56. The molecule has 4 aliphatic rings. The lowest BCUT2D eigenvalue weighted by molar-refractivity contribution is -0.142. The molecule has 4 saturated carbocycles. The van der Waals surface area contributed by atoms with Crippen LogP contribution in [0.5, 0.6) is 0 Å². The van der Waals surface area contributed by atoms with E-state index in [-0.39, 0.29) is 5.41 Å². The Morgan fingerprint density at radius 2 is 2.05 bits per heavy atom. The molecule has 0 aromatic carbocycles. The van der Waals surface area contributed by atoms with Gasteiger partial charge in [0.2, 0.25) is 0 Å². The Bertz CT molecular complexity index is 520. The number of hydrogen-bond acceptors (Lipinski definition) is 1. The van der Waals surface area contributed by atoms with Gasteiger partial charge < -0.3 is 5.11 Å². The Labute approximate surface area is 134 Å². The van der Waals surface area contributed by atoms with Crippen molar-refractivity contribution in [2.24, 2.45) is 28.6 Å². The molecule has 2 bridgehead atoms. The average Bonchev–Trinajstić information content (AvgIpc) is 2.45. The van der Waals surface area contributed by atoms with Gasteiger partial charge in [-0.2, -0.15) is 0 Å². The number of carbonyl (C=O) groups is 1. The predicted molar refractivity (Wildman–Crippen MR) is 89.5 cm³/mol. The third-order valence-corrected chi connectivity index (χ3v) is 7.40. The molecule has 2 heteroatoms. The van der Waals surface area contributed by atoms with E-state index in [4.69, 9.17) is 0 Å². The van der Waals surface area contributed by atoms with Crippen molar-refractivity contribution in [1.29, 1.82) is 0 Å². The van der Waals surface area contributed by atoms with Crippen molar-refractivity contribution in [2.45, 2.75) is 65.2 Å². The Morgan fingerprint density at radius 1 is 1.36 bits per heavy atom. The molecule has 122 valence electrons. The fourth-order valence-electron chi connectivity index (χ4n) is 6.36. The minimum atomic E-state index is -0.660. The first-order valence-electron chi connectivity index (χ1n) is 8.83. The van der Waals surface area contributed by atoms with E-state index in [9.17, 15) is 9.90 Å². The molecule has 22 heavy (non-hydrogen) atoms. The fourth-order valence-corrected chi connectivity index (χ4v) is 6.36. The quantitative estimate of drug-likeness (QED) is 0.724. The second-order valence-corrected chi connectivity index (χ2v) is 8.56. The SMILES string of the molecule is C=C1C[C@@]23CC[C@@H]1C[C@H]2[C@](C)(CCC(=O)O)[C@@H](C(=C)C)CC3. The summed E-state index contributed by atoms with van der Waals surface area (Å²) in [6.07, 6.45) is 8.61. The summed E-state index contributed by atoms with van der Waals surface area (Å²) in [5, 5.41) is 9.22. The first-order valence-corrected chi connectivity index (χ1v) is 8.83. The molecule has 5 atom stereocenters. The van der Waals surface area contributed by atoms with Gasteiger partial charge in [-0.25, -0.2) is 0 Å². The molecule has 0 radical (unpaired) electrons. The van der Waals surface area contributed by atoms with E-state index in [1.54, 1.807) is 0 Å². The molecular weight excluding hydrogens is 272 g/mol. The van der Waals surface area contributed by atoms with E-state index in [0.29, 0.717) is 29.6 Å². The van der Waals surface area contributed by atoms with Crippen LogP contribution in [0.3, 0.4) is 0 Å². The molecule has 0 aromatic rings. The third-order valence-electron chi connectivity index (χ3n) is 7.40. The molecule has 1 spiro atoms. The third kappa shape index (κ3) is 2.26. The average molecular weight is 302 g/mol. The van der Waals surface area contributed by atoms with E-state index in [0.717, 1.165) is 6.42 Å². The van der Waals surface area contributed by atoms with Crippen LogP contribution in [0.15, 0.2) is 24.3 Å². The van der Waals surface area contributed by atoms with E-state index >= 15 is 0 Å². The van der Waals surface area contributed by atoms with Crippen molar-refractivity contribution in [3.8, 4) is 0 Å². The van der Waals surface area contributed by atoms with Gasteiger partial charge in [0.15, 0.2) is 0 Å². The van der Waals surface area contributed by atoms with Crippen LogP contribution >= 0.6 is 0 Å². The number of hydrogen-bond donors (Lipinski definition) is 1. The van der Waals surface area contributed by atoms with Gasteiger partial charge in [0.25, 0.3) is 0 Å². The zero-order valence-electron chi connectivity index (χ0n) is 14.2. The minimum Gasteiger partial charge on any atom is -0.481 e. The summed E-state index contributed by atoms with van der Waals surface area (Å²) in [6, 6.07) is 0. The summed E-state index contributed by atoms with van der Waals surface area (Å²) in [7, 11) is 0. The lowest BCUT2D eigenvalue weighted by atomic mass is 9.40. The van der Waals surface area contributed by atoms with Crippen LogP contribution in [0.1, 0.15) is 65.2 Å². The molecule has 0 unspecified atom stereocenters. The molecule has 2 nitrogen and oxygen atoms in total. The number of aliphatic carboxylic acids is 1. The van der Waals surface area contributed by atoms with E-state index in [1.165, 1.54) is 49.7 Å². The van der Waals surface area contributed by atoms with Gasteiger partial charge in [-0.15, -0.1) is 0 Å². The minimum absolute atomic E-state index is 0.0991. The highest BCUT2D eigenvalue weighted by atomic mass is 16.4. The summed E-state index contributed by atoms with van der Waals surface area (Å²) in [5.74, 6) is 1.15. The summed E-state index contributed by atoms with van der Waals surface area (Å²) >= 11 is 0. The number of carboxylic acid groups (broad SMARTS) is 1. The summed E-state index contributed by atoms with van der Waals surface area (Å²) in [4.78, 5) is 11.2. The maximum atomic E-state index is 11.2. The Kier molecular flexibility index (Phi) is 3.78. The summed E-state index contributed by atoms with van der Waals surface area (Å²) in [6.45, 7) is 13.1. The first-order chi connectivity index (χ1) is 10.3. The largest absolute Gasteiger partial charge is 0.481 e. The van der Waals surface area contributed by atoms with Crippen molar-refractivity contribution >= 4 is 5.97 Å². The zero-order valence-corrected chi connectivity index (χ0v) is 14.2. The van der Waals surface area contributed by atoms with E-state index in [2.05, 4.69) is 27.0 Å². The standard InChI is InChI=1S/C20H30O2/c1-13(2)16-6-10-20-9-5-15(14(3)12-20)11-17(20)19(16,4)8-7-18(21)22/h15-17H,1,3,5-12H2,2,4H3,(H,21,22)/t15-,16-,17+,19-,20+/m1/s1. The molecule has 0 heterocycles. The molecule has 4 fully saturated rings. The van der Waals surface area contributed by atoms with Crippen LogP contribution in [0.2, 0.25) is 0 Å². The van der Waals surface area contributed by atoms with Gasteiger partial charge in [0, 0.05) is 6.42 Å². The smallest absolute Gasteiger partial charge is 0.303 e. The topological polar surface area (TPSA) is 37.3 Å². The Hall–Kier alpha value is -1.05. The van der Waals surface area contributed by atoms with Crippen molar-refractivity contribution in [3.05, 3.63) is 24.3 Å². The highest BCUT2D eigenvalue weighted by Crippen LogP contribution is 2.69. The van der Waals surface area contributed by atoms with Gasteiger partial charge in [-0.1, -0.05) is 31.2 Å². The highest BCUT2D eigenvalue weighted by molar-refractivity contribution is 5.66. The first kappa shape index (κ1) is 15.8. The number of carboxylic acids is 1. The normalized spacial score (nSPS) is 43.7. The summed E-state index contributed by atoms with van der Waals surface area (Å²) in [5.41, 5.74) is 3.23. The van der Waals surface area contributed by atoms with Crippen molar-refractivity contribution in [3.63, 3.8) is 0 Å². The van der Waals surface area contributed by atoms with Crippen LogP contribution in [-0.4, -0.2) is 11.1 Å². The maximum Gasteiger partial charge on any atom is 0.303 e. The van der Waals surface area contributed by atoms with Gasteiger partial charge in [-0.05, 0) is 80.5 Å². The van der Waals surface area contributed by atoms with Crippen LogP contribution < -0.4 is 0 Å². The zero-order chi connectivity index (χ0) is 16.1. The fraction of sp³-hybridized carbons (Fsp3) is 0.750. The summed E-state index contributed by atoms with van der Waals surface area (Å²) < 4.78 is 0. The second-order valence-electron chi connectivity index (χ2n) is 8.56. The van der Waals surface area contributed by atoms with Crippen LogP contribution in [0.25, 0.3) is 0 Å². The molecule has 0 saturated heterocycles. The van der Waals surface area contributed by atoms with Gasteiger partial charge in [-0.3, -0.25) is 4.79 Å². The second kappa shape index (κ2) is 5.25. The molecule has 1 N–H and O–H groups in total. The van der Waals surface area contributed by atoms with Crippen molar-refractivity contribution < 1.29 is 9.90 Å². The Morgan fingerprint density at radius 3 is 2.64 bits per heavy atom. The predicted octanol–water partition coefficient (Wildman–Crippen LogP) is 5.21. The molecule has 0 amide bonds. The van der Waals surface area contributed by atoms with Gasteiger partial charge in [0.1, 0.15) is 0 Å². The van der Waals surface area contributed by atoms with Crippen molar-refractivity contribution in [2.75, 3.05) is 0 Å². The molecular formula is C20H30O2. The van der Waals surface area contributed by atoms with Gasteiger partial charge in [0.05, 0.1) is 0 Å². The van der Waals surface area contributed by atoms with Crippen LogP contribution in [0, 0.1) is 28.6 Å². The molecule has 0 aliphatic heterocycles. The molecule has 4 aliphatic carbocycles. The van der Waals surface area contributed by atoms with Crippen LogP contribution in [-0.2, 0) is 4.79 Å². The Balaban J connectivity index is 1.95. The van der Waals surface area contributed by atoms with Crippen LogP contribution in [0.4, 0.5) is 0 Å². The van der Waals surface area contributed by atoms with Gasteiger partial charge >= 0.3 is 5.97 Å². The molecule has 4 rings (SSSR count).